The molecule has 4 nitrogen and oxygen atoms in total. The molecule has 28 heavy (non-hydrogen) atoms. The topological polar surface area (TPSA) is 52.6 Å². The Hall–Kier alpha value is -2.62. The second-order valence-electron chi connectivity index (χ2n) is 7.30. The van der Waals surface area contributed by atoms with E-state index < -0.39 is 0 Å². The first-order chi connectivity index (χ1) is 13.1. The number of esters is 2. The minimum absolute atomic E-state index is 0.233. The Morgan fingerprint density at radius 1 is 0.643 bits per heavy atom. The van der Waals surface area contributed by atoms with Crippen molar-refractivity contribution in [3.8, 4) is 22.6 Å². The lowest BCUT2D eigenvalue weighted by Gasteiger charge is -2.20. The van der Waals surface area contributed by atoms with Crippen LogP contribution in [0.4, 0.5) is 0 Å². The summed E-state index contributed by atoms with van der Waals surface area (Å²) in [4.78, 5) is 23.6. The van der Waals surface area contributed by atoms with Crippen molar-refractivity contribution in [3.05, 3.63) is 45.5 Å². The predicted molar refractivity (Wildman–Crippen MR) is 112 cm³/mol. The van der Waals surface area contributed by atoms with E-state index in [9.17, 15) is 9.59 Å². The van der Waals surface area contributed by atoms with Gasteiger partial charge in [0.25, 0.3) is 0 Å². The fraction of sp³-hybridized carbons (Fsp3) is 0.417. The Morgan fingerprint density at radius 3 is 1.25 bits per heavy atom. The molecule has 4 heteroatoms. The molecule has 0 amide bonds. The summed E-state index contributed by atoms with van der Waals surface area (Å²) < 4.78 is 11.1. The van der Waals surface area contributed by atoms with Gasteiger partial charge in [-0.1, -0.05) is 13.8 Å². The fourth-order valence-corrected chi connectivity index (χ4v) is 3.36. The number of hydrogen-bond donors (Lipinski definition) is 0. The maximum absolute atomic E-state index is 11.8. The minimum Gasteiger partial charge on any atom is -0.426 e. The van der Waals surface area contributed by atoms with Crippen LogP contribution in [0.25, 0.3) is 11.1 Å². The molecule has 0 aliphatic heterocycles. The van der Waals surface area contributed by atoms with E-state index in [-0.39, 0.29) is 11.9 Å². The van der Waals surface area contributed by atoms with Crippen molar-refractivity contribution in [1.82, 2.24) is 0 Å². The van der Waals surface area contributed by atoms with E-state index in [0.29, 0.717) is 24.3 Å². The zero-order chi connectivity index (χ0) is 21.2. The molecule has 0 aromatic heterocycles. The van der Waals surface area contributed by atoms with Gasteiger partial charge < -0.3 is 9.47 Å². The molecule has 0 saturated carbocycles. The van der Waals surface area contributed by atoms with Crippen molar-refractivity contribution in [1.29, 1.82) is 0 Å². The highest BCUT2D eigenvalue weighted by Gasteiger charge is 2.19. The number of rotatable bonds is 5. The number of ether oxygens (including phenoxy) is 2. The van der Waals surface area contributed by atoms with E-state index in [1.807, 2.05) is 41.5 Å². The number of carbonyl (C=O) groups is 2. The fourth-order valence-electron chi connectivity index (χ4n) is 3.36. The SMILES string of the molecule is CCC(=O)Oc1c(C)cc(-c2cc(C)c(OC(=O)CC)c(C)c2C)c(C)c1C. The summed E-state index contributed by atoms with van der Waals surface area (Å²) in [6.07, 6.45) is 0.685. The van der Waals surface area contributed by atoms with Crippen molar-refractivity contribution in [2.75, 3.05) is 0 Å². The zero-order valence-corrected chi connectivity index (χ0v) is 18.2. The summed E-state index contributed by atoms with van der Waals surface area (Å²) in [5.41, 5.74) is 8.13. The lowest BCUT2D eigenvalue weighted by Crippen LogP contribution is -2.10. The Labute approximate surface area is 167 Å². The standard InChI is InChI=1S/C24H30O4/c1-9-21(25)27-23-13(3)11-19(15(5)17(23)7)20-12-14(4)24(18(8)16(20)6)28-22(26)10-2/h11-12H,9-10H2,1-8H3. The number of carbonyl (C=O) groups excluding carboxylic acids is 2. The second-order valence-corrected chi connectivity index (χ2v) is 7.30. The Bertz CT molecular complexity index is 861. The van der Waals surface area contributed by atoms with Gasteiger partial charge in [-0.2, -0.15) is 0 Å². The third-order valence-corrected chi connectivity index (χ3v) is 5.35. The molecular weight excluding hydrogens is 352 g/mol. The third-order valence-electron chi connectivity index (χ3n) is 5.35. The minimum atomic E-state index is -0.233. The average Bonchev–Trinajstić information content (AvgIpc) is 2.67. The molecule has 0 spiro atoms. The molecule has 0 atom stereocenters. The highest BCUT2D eigenvalue weighted by atomic mass is 16.5. The van der Waals surface area contributed by atoms with Gasteiger partial charge in [0.15, 0.2) is 0 Å². The van der Waals surface area contributed by atoms with Crippen LogP contribution < -0.4 is 9.47 Å². The summed E-state index contributed by atoms with van der Waals surface area (Å²) in [7, 11) is 0. The molecule has 2 rings (SSSR count). The van der Waals surface area contributed by atoms with Crippen LogP contribution in [0.5, 0.6) is 11.5 Å². The second kappa shape index (κ2) is 8.59. The van der Waals surface area contributed by atoms with Crippen LogP contribution in [0, 0.1) is 41.5 Å². The van der Waals surface area contributed by atoms with Crippen molar-refractivity contribution >= 4 is 11.9 Å². The highest BCUT2D eigenvalue weighted by molar-refractivity contribution is 5.80. The number of aryl methyl sites for hydroxylation is 2. The van der Waals surface area contributed by atoms with Gasteiger partial charge in [0.05, 0.1) is 0 Å². The van der Waals surface area contributed by atoms with Gasteiger partial charge in [-0.3, -0.25) is 9.59 Å². The van der Waals surface area contributed by atoms with Crippen LogP contribution in [-0.4, -0.2) is 11.9 Å². The summed E-state index contributed by atoms with van der Waals surface area (Å²) in [5, 5.41) is 0. The molecule has 0 saturated heterocycles. The maximum Gasteiger partial charge on any atom is 0.310 e. The number of hydrogen-bond acceptors (Lipinski definition) is 4. The molecule has 0 N–H and O–H groups in total. The molecule has 0 unspecified atom stereocenters. The van der Waals surface area contributed by atoms with Gasteiger partial charge in [-0.05, 0) is 98.2 Å². The van der Waals surface area contributed by atoms with E-state index in [0.717, 1.165) is 44.5 Å². The highest BCUT2D eigenvalue weighted by Crippen LogP contribution is 2.39. The Kier molecular flexibility index (Phi) is 6.65. The lowest BCUT2D eigenvalue weighted by molar-refractivity contribution is -0.135. The molecular formula is C24H30O4. The third kappa shape index (κ3) is 4.11. The van der Waals surface area contributed by atoms with E-state index in [1.54, 1.807) is 13.8 Å². The molecule has 0 heterocycles. The molecule has 0 aliphatic carbocycles. The summed E-state index contributed by atoms with van der Waals surface area (Å²) in [6.45, 7) is 15.5. The van der Waals surface area contributed by atoms with Crippen molar-refractivity contribution in [2.24, 2.45) is 0 Å². The smallest absolute Gasteiger partial charge is 0.310 e. The van der Waals surface area contributed by atoms with Crippen molar-refractivity contribution < 1.29 is 19.1 Å². The molecule has 150 valence electrons. The van der Waals surface area contributed by atoms with Crippen LogP contribution in [0.15, 0.2) is 12.1 Å². The normalized spacial score (nSPS) is 10.7. The van der Waals surface area contributed by atoms with Crippen LogP contribution in [0.1, 0.15) is 60.1 Å². The maximum atomic E-state index is 11.8. The first-order valence-corrected chi connectivity index (χ1v) is 9.75. The van der Waals surface area contributed by atoms with E-state index in [1.165, 1.54) is 0 Å². The quantitative estimate of drug-likeness (QED) is 0.482. The van der Waals surface area contributed by atoms with Gasteiger partial charge >= 0.3 is 11.9 Å². The monoisotopic (exact) mass is 382 g/mol. The van der Waals surface area contributed by atoms with Gasteiger partial charge in [0.1, 0.15) is 11.5 Å². The van der Waals surface area contributed by atoms with Gasteiger partial charge in [0, 0.05) is 12.8 Å². The largest absolute Gasteiger partial charge is 0.426 e. The summed E-state index contributed by atoms with van der Waals surface area (Å²) in [5.74, 6) is 0.826. The Morgan fingerprint density at radius 2 is 0.964 bits per heavy atom. The molecule has 0 bridgehead atoms. The van der Waals surface area contributed by atoms with Crippen LogP contribution in [0.3, 0.4) is 0 Å². The van der Waals surface area contributed by atoms with Crippen molar-refractivity contribution in [3.63, 3.8) is 0 Å². The number of benzene rings is 2. The Balaban J connectivity index is 2.63. The molecule has 0 radical (unpaired) electrons. The molecule has 2 aromatic carbocycles. The average molecular weight is 383 g/mol. The van der Waals surface area contributed by atoms with E-state index >= 15 is 0 Å². The lowest BCUT2D eigenvalue weighted by atomic mass is 9.88. The van der Waals surface area contributed by atoms with E-state index in [4.69, 9.17) is 9.47 Å². The van der Waals surface area contributed by atoms with Crippen LogP contribution >= 0.6 is 0 Å². The van der Waals surface area contributed by atoms with Crippen LogP contribution in [0.2, 0.25) is 0 Å². The molecule has 0 aliphatic rings. The van der Waals surface area contributed by atoms with Gasteiger partial charge in [-0.25, -0.2) is 0 Å². The first-order valence-electron chi connectivity index (χ1n) is 9.75. The zero-order valence-electron chi connectivity index (χ0n) is 18.2. The summed E-state index contributed by atoms with van der Waals surface area (Å²) >= 11 is 0. The summed E-state index contributed by atoms with van der Waals surface area (Å²) in [6, 6.07) is 4.14. The van der Waals surface area contributed by atoms with E-state index in [2.05, 4.69) is 12.1 Å². The van der Waals surface area contributed by atoms with Crippen LogP contribution in [-0.2, 0) is 9.59 Å². The van der Waals surface area contributed by atoms with Gasteiger partial charge in [-0.15, -0.1) is 0 Å². The van der Waals surface area contributed by atoms with Gasteiger partial charge in [0.2, 0.25) is 0 Å². The molecule has 2 aromatic rings. The first kappa shape index (κ1) is 21.7. The predicted octanol–water partition coefficient (Wildman–Crippen LogP) is 5.83. The van der Waals surface area contributed by atoms with Crippen molar-refractivity contribution in [2.45, 2.75) is 68.2 Å². The molecule has 0 fully saturated rings.